The molecular weight excluding hydrogens is 589 g/mol. The minimum absolute atomic E-state index is 0.323. The van der Waals surface area contributed by atoms with Gasteiger partial charge in [0.25, 0.3) is 0 Å². The van der Waals surface area contributed by atoms with Crippen molar-refractivity contribution in [2.45, 2.75) is 0 Å². The number of hydrogen-bond donors (Lipinski definition) is 0. The van der Waals surface area contributed by atoms with Crippen LogP contribution in [0.3, 0.4) is 0 Å². The van der Waals surface area contributed by atoms with E-state index in [-0.39, 0.29) is 0 Å². The van der Waals surface area contributed by atoms with Gasteiger partial charge in [-0.1, -0.05) is 0 Å². The molecule has 0 saturated heterocycles. The first-order chi connectivity index (χ1) is 15.9. The Morgan fingerprint density at radius 2 is 0.939 bits per heavy atom. The van der Waals surface area contributed by atoms with E-state index in [1.54, 1.807) is 84.9 Å². The van der Waals surface area contributed by atoms with E-state index in [4.69, 9.17) is 35.4 Å². The van der Waals surface area contributed by atoms with Crippen molar-refractivity contribution in [1.82, 2.24) is 0 Å². The Hall–Kier alpha value is -2.26. The Kier molecular flexibility index (Phi) is 4.92. The van der Waals surface area contributed by atoms with Crippen molar-refractivity contribution >= 4 is 68.3 Å². The second-order valence-electron chi connectivity index (χ2n) is 7.55. The van der Waals surface area contributed by atoms with Crippen LogP contribution in [0.2, 0.25) is 10.0 Å². The molecule has 4 aromatic rings. The summed E-state index contributed by atoms with van der Waals surface area (Å²) in [5, 5.41) is 0.756. The predicted octanol–water partition coefficient (Wildman–Crippen LogP) is 3.90. The first kappa shape index (κ1) is 21.3. The summed E-state index contributed by atoms with van der Waals surface area (Å²) in [6.45, 7) is 0. The van der Waals surface area contributed by atoms with Gasteiger partial charge in [-0.3, -0.25) is 0 Å². The van der Waals surface area contributed by atoms with Crippen molar-refractivity contribution in [2.75, 3.05) is 0 Å². The molecule has 164 valence electrons. The van der Waals surface area contributed by atoms with E-state index in [0.717, 1.165) is 0 Å². The third-order valence-electron chi connectivity index (χ3n) is 5.51. The zero-order chi connectivity index (χ0) is 22.8. The average Bonchev–Trinajstić information content (AvgIpc) is 2.81. The molecule has 2 aliphatic heterocycles. The summed E-state index contributed by atoms with van der Waals surface area (Å²) < 4.78 is 49.6. The molecule has 4 aromatic carbocycles. The van der Waals surface area contributed by atoms with Crippen LogP contribution in [0, 0.1) is 0 Å². The average molecular weight is 603 g/mol. The maximum atomic E-state index is 14.9. The van der Waals surface area contributed by atoms with Gasteiger partial charge in [0.05, 0.1) is 0 Å². The molecule has 6 rings (SSSR count). The van der Waals surface area contributed by atoms with E-state index in [2.05, 4.69) is 0 Å². The van der Waals surface area contributed by atoms with E-state index < -0.39 is 27.7 Å². The molecule has 0 unspecified atom stereocenters. The molecule has 0 N–H and O–H groups in total. The van der Waals surface area contributed by atoms with Crippen molar-refractivity contribution in [1.29, 1.82) is 0 Å². The van der Waals surface area contributed by atoms with Gasteiger partial charge in [-0.2, -0.15) is 0 Å². The van der Waals surface area contributed by atoms with Gasteiger partial charge < -0.3 is 0 Å². The molecule has 0 spiro atoms. The standard InChI is InChI=1S/C24H14As2Cl2O5/c27-15-9-11-23-19(13-15)25(29,17-5-1-3-7-21(17)31-23)33-26(30)18-6-2-4-8-22(18)32-24-12-10-16(28)14-20(24)26/h1-14H. The van der Waals surface area contributed by atoms with Crippen LogP contribution >= 0.6 is 23.2 Å². The first-order valence-corrected chi connectivity index (χ1v) is 17.5. The monoisotopic (exact) mass is 602 g/mol. The molecule has 2 heterocycles. The van der Waals surface area contributed by atoms with Crippen molar-refractivity contribution < 1.29 is 19.7 Å². The maximum absolute atomic E-state index is 14.9. The van der Waals surface area contributed by atoms with Crippen LogP contribution in [-0.2, 0) is 10.2 Å². The molecule has 0 bridgehead atoms. The molecule has 0 aromatic heterocycles. The number of halogens is 2. The number of rotatable bonds is 2. The summed E-state index contributed by atoms with van der Waals surface area (Å²) in [5.41, 5.74) is 0. The van der Waals surface area contributed by atoms with Crippen molar-refractivity contribution in [2.24, 2.45) is 0 Å². The van der Waals surface area contributed by atoms with E-state index in [9.17, 15) is 7.48 Å². The Bertz CT molecular complexity index is 1440. The molecule has 0 aliphatic carbocycles. The van der Waals surface area contributed by atoms with Crippen LogP contribution in [0.25, 0.3) is 0 Å². The first-order valence-electron chi connectivity index (χ1n) is 9.95. The van der Waals surface area contributed by atoms with Crippen LogP contribution in [0.5, 0.6) is 23.0 Å². The number of fused-ring (bicyclic) bond motifs is 4. The molecule has 0 saturated carbocycles. The van der Waals surface area contributed by atoms with Gasteiger partial charge in [-0.05, 0) is 0 Å². The molecule has 5 nitrogen and oxygen atoms in total. The van der Waals surface area contributed by atoms with Gasteiger partial charge in [-0.25, -0.2) is 0 Å². The molecule has 0 atom stereocenters. The summed E-state index contributed by atoms with van der Waals surface area (Å²) in [4.78, 5) is 0. The molecule has 0 amide bonds. The van der Waals surface area contributed by atoms with Crippen LogP contribution in [0.1, 0.15) is 0 Å². The molecule has 9 heteroatoms. The van der Waals surface area contributed by atoms with E-state index in [1.165, 1.54) is 0 Å². The summed E-state index contributed by atoms with van der Waals surface area (Å²) in [6, 6.07) is 23.6. The molecule has 33 heavy (non-hydrogen) atoms. The zero-order valence-electron chi connectivity index (χ0n) is 16.8. The Morgan fingerprint density at radius 3 is 1.39 bits per heavy atom. The number of benzene rings is 4. The van der Waals surface area contributed by atoms with Crippen LogP contribution in [0.15, 0.2) is 84.9 Å². The molecule has 0 radical (unpaired) electrons. The van der Waals surface area contributed by atoms with E-state index in [0.29, 0.717) is 50.4 Å². The normalized spacial score (nSPS) is 22.1. The predicted molar refractivity (Wildman–Crippen MR) is 128 cm³/mol. The van der Waals surface area contributed by atoms with Gasteiger partial charge in [-0.15, -0.1) is 0 Å². The fraction of sp³-hybridized carbons (Fsp3) is 0. The van der Waals surface area contributed by atoms with Crippen LogP contribution < -0.4 is 26.9 Å². The second kappa shape index (κ2) is 7.63. The third-order valence-corrected chi connectivity index (χ3v) is 20.3. The van der Waals surface area contributed by atoms with Gasteiger partial charge in [0.15, 0.2) is 0 Å². The van der Waals surface area contributed by atoms with Crippen molar-refractivity contribution in [3.8, 4) is 23.0 Å². The summed E-state index contributed by atoms with van der Waals surface area (Å²) >= 11 is 2.97. The molecule has 0 fully saturated rings. The van der Waals surface area contributed by atoms with Crippen molar-refractivity contribution in [3.05, 3.63) is 95.0 Å². The Labute approximate surface area is 204 Å². The summed E-state index contributed by atoms with van der Waals surface area (Å²) in [7, 11) is 0. The number of para-hydroxylation sites is 2. The van der Waals surface area contributed by atoms with Gasteiger partial charge in [0.2, 0.25) is 0 Å². The summed E-state index contributed by atoms with van der Waals surface area (Å²) in [5.74, 6) is 1.56. The third kappa shape index (κ3) is 3.26. The zero-order valence-corrected chi connectivity index (χ0v) is 22.0. The van der Waals surface area contributed by atoms with Crippen LogP contribution in [0.4, 0.5) is 0 Å². The topological polar surface area (TPSA) is 61.8 Å². The van der Waals surface area contributed by atoms with E-state index >= 15 is 0 Å². The van der Waals surface area contributed by atoms with Gasteiger partial charge in [0, 0.05) is 0 Å². The molecule has 2 aliphatic rings. The SMILES string of the molecule is O=[As]1(O[As]2(=O)c3ccccc3Oc3ccc(Cl)cc32)c2ccccc2Oc2ccc(Cl)cc21. The van der Waals surface area contributed by atoms with Gasteiger partial charge in [0.1, 0.15) is 0 Å². The molecular formula is C24H14As2Cl2O5. The van der Waals surface area contributed by atoms with E-state index in [1.807, 2.05) is 0 Å². The van der Waals surface area contributed by atoms with Crippen molar-refractivity contribution in [3.63, 3.8) is 0 Å². The fourth-order valence-electron chi connectivity index (χ4n) is 4.02. The Balaban J connectivity index is 1.64. The van der Waals surface area contributed by atoms with Crippen LogP contribution in [-0.4, -0.2) is 27.7 Å². The summed E-state index contributed by atoms with van der Waals surface area (Å²) in [6.07, 6.45) is 0. The second-order valence-corrected chi connectivity index (χ2v) is 19.2. The number of ether oxygens (including phenoxy) is 2. The van der Waals surface area contributed by atoms with Gasteiger partial charge >= 0.3 is 206 Å². The minimum atomic E-state index is -4.78. The fourth-order valence-corrected chi connectivity index (χ4v) is 20.5. The number of hydrogen-bond acceptors (Lipinski definition) is 5. The quantitative estimate of drug-likeness (QED) is 0.326. The Morgan fingerprint density at radius 1 is 0.545 bits per heavy atom.